The lowest BCUT2D eigenvalue weighted by atomic mass is 9.99. The van der Waals surface area contributed by atoms with Gasteiger partial charge in [-0.05, 0) is 75.8 Å². The van der Waals surface area contributed by atoms with Gasteiger partial charge >= 0.3 is 0 Å². The zero-order valence-corrected chi connectivity index (χ0v) is 28.5. The summed E-state index contributed by atoms with van der Waals surface area (Å²) in [4.78, 5) is 2.41. The van der Waals surface area contributed by atoms with Gasteiger partial charge in [0.15, 0.2) is 0 Å². The van der Waals surface area contributed by atoms with Crippen molar-refractivity contribution in [2.45, 2.75) is 0 Å². The van der Waals surface area contributed by atoms with Gasteiger partial charge in [0.25, 0.3) is 0 Å². The van der Waals surface area contributed by atoms with Crippen LogP contribution in [0.15, 0.2) is 192 Å². The van der Waals surface area contributed by atoms with E-state index in [1.54, 1.807) is 0 Å². The summed E-state index contributed by atoms with van der Waals surface area (Å²) in [7, 11) is 0. The molecule has 0 unspecified atom stereocenters. The highest BCUT2D eigenvalue weighted by Crippen LogP contribution is 2.47. The first-order valence-electron chi connectivity index (χ1n) is 17.3. The molecule has 10 aromatic rings. The maximum Gasteiger partial charge on any atom is 0.136 e. The Hall–Kier alpha value is -6.42. The Labute approximate surface area is 300 Å². The van der Waals surface area contributed by atoms with Crippen LogP contribution in [0.1, 0.15) is 0 Å². The molecule has 0 fully saturated rings. The van der Waals surface area contributed by atoms with Crippen LogP contribution in [-0.2, 0) is 0 Å². The number of para-hydroxylation sites is 1. The number of nitrogens with zero attached hydrogens (tertiary/aromatic N) is 1. The summed E-state index contributed by atoms with van der Waals surface area (Å²) in [5.41, 5.74) is 12.4. The van der Waals surface area contributed by atoms with Crippen LogP contribution >= 0.6 is 11.3 Å². The van der Waals surface area contributed by atoms with Crippen LogP contribution in [0.2, 0.25) is 0 Å². The zero-order valence-electron chi connectivity index (χ0n) is 27.7. The molecule has 8 aromatic carbocycles. The SMILES string of the molecule is c1ccc(-c2ccc(N(c3ccc(-c4cccc5oc6ccccc6c45)cc3)c3cccc4c3sc3c(-c5ccccc5)cccc34)cc2)cc1. The van der Waals surface area contributed by atoms with Gasteiger partial charge in [-0.1, -0.05) is 146 Å². The lowest BCUT2D eigenvalue weighted by Crippen LogP contribution is -2.10. The fourth-order valence-corrected chi connectivity index (χ4v) is 8.83. The third-order valence-electron chi connectivity index (χ3n) is 9.90. The number of benzene rings is 8. The van der Waals surface area contributed by atoms with Gasteiger partial charge in [0.05, 0.1) is 10.4 Å². The van der Waals surface area contributed by atoms with Gasteiger partial charge in [-0.2, -0.15) is 0 Å². The fourth-order valence-electron chi connectivity index (χ4n) is 7.49. The molecule has 0 saturated heterocycles. The molecule has 0 aliphatic heterocycles. The smallest absolute Gasteiger partial charge is 0.136 e. The number of hydrogen-bond donors (Lipinski definition) is 0. The summed E-state index contributed by atoms with van der Waals surface area (Å²) in [5, 5.41) is 4.84. The van der Waals surface area contributed by atoms with Gasteiger partial charge in [-0.3, -0.25) is 0 Å². The molecule has 240 valence electrons. The molecule has 0 atom stereocenters. The Bertz CT molecular complexity index is 2830. The Kier molecular flexibility index (Phi) is 7.04. The summed E-state index contributed by atoms with van der Waals surface area (Å²) in [6.45, 7) is 0. The van der Waals surface area contributed by atoms with E-state index in [-0.39, 0.29) is 0 Å². The minimum Gasteiger partial charge on any atom is -0.456 e. The molecule has 0 amide bonds. The highest BCUT2D eigenvalue weighted by atomic mass is 32.1. The minimum atomic E-state index is 0.907. The molecular formula is C48H31NOS. The number of thiophene rings is 1. The number of anilines is 3. The molecule has 0 aliphatic carbocycles. The van der Waals surface area contributed by atoms with E-state index >= 15 is 0 Å². The predicted octanol–water partition coefficient (Wildman–Crippen LogP) is 14.4. The topological polar surface area (TPSA) is 16.4 Å². The van der Waals surface area contributed by atoms with Crippen molar-refractivity contribution in [3.8, 4) is 33.4 Å². The first-order valence-corrected chi connectivity index (χ1v) is 18.1. The van der Waals surface area contributed by atoms with Crippen molar-refractivity contribution in [2.75, 3.05) is 4.90 Å². The van der Waals surface area contributed by atoms with Crippen LogP contribution in [0.4, 0.5) is 17.1 Å². The van der Waals surface area contributed by atoms with Crippen LogP contribution in [0.25, 0.3) is 75.5 Å². The van der Waals surface area contributed by atoms with E-state index in [0.717, 1.165) is 44.6 Å². The van der Waals surface area contributed by atoms with E-state index in [4.69, 9.17) is 4.42 Å². The molecule has 51 heavy (non-hydrogen) atoms. The monoisotopic (exact) mass is 669 g/mol. The van der Waals surface area contributed by atoms with Crippen LogP contribution in [0.3, 0.4) is 0 Å². The molecule has 2 heterocycles. The molecular weight excluding hydrogens is 639 g/mol. The second-order valence-corrected chi connectivity index (χ2v) is 13.9. The first-order chi connectivity index (χ1) is 25.3. The lowest BCUT2D eigenvalue weighted by molar-refractivity contribution is 0.669. The van der Waals surface area contributed by atoms with Gasteiger partial charge in [0, 0.05) is 37.6 Å². The predicted molar refractivity (Wildman–Crippen MR) is 218 cm³/mol. The molecule has 0 radical (unpaired) electrons. The van der Waals surface area contributed by atoms with Crippen molar-refractivity contribution >= 4 is 70.5 Å². The molecule has 3 heteroatoms. The van der Waals surface area contributed by atoms with E-state index in [9.17, 15) is 0 Å². The van der Waals surface area contributed by atoms with Crippen molar-refractivity contribution < 1.29 is 4.42 Å². The van der Waals surface area contributed by atoms with Crippen LogP contribution < -0.4 is 4.90 Å². The summed E-state index contributed by atoms with van der Waals surface area (Å²) >= 11 is 1.88. The Morgan fingerprint density at radius 3 is 1.61 bits per heavy atom. The molecule has 10 rings (SSSR count). The van der Waals surface area contributed by atoms with Gasteiger partial charge in [0.2, 0.25) is 0 Å². The average Bonchev–Trinajstić information content (AvgIpc) is 3.79. The molecule has 0 saturated carbocycles. The molecule has 0 bridgehead atoms. The van der Waals surface area contributed by atoms with Crippen molar-refractivity contribution in [3.05, 3.63) is 188 Å². The maximum absolute atomic E-state index is 6.23. The zero-order chi connectivity index (χ0) is 33.7. The Morgan fingerprint density at radius 1 is 0.353 bits per heavy atom. The van der Waals surface area contributed by atoms with E-state index in [2.05, 4.69) is 181 Å². The van der Waals surface area contributed by atoms with Crippen LogP contribution in [-0.4, -0.2) is 0 Å². The molecule has 0 spiro atoms. The maximum atomic E-state index is 6.23. The molecule has 2 nitrogen and oxygen atoms in total. The number of rotatable bonds is 6. The standard InChI is InChI=1S/C48H31NOS/c1-3-12-32(13-4-1)33-24-28-36(29-25-33)49(37-30-26-35(27-31-37)38-17-11-23-45-46(38)42-16-7-8-22-44(42)50-45)43-21-10-20-41-40-19-9-18-39(47(40)51-48(41)43)34-14-5-2-6-15-34/h1-31H. The number of hydrogen-bond acceptors (Lipinski definition) is 3. The third kappa shape index (κ3) is 5.01. The van der Waals surface area contributed by atoms with Crippen molar-refractivity contribution in [1.82, 2.24) is 0 Å². The third-order valence-corrected chi connectivity index (χ3v) is 11.2. The second-order valence-electron chi connectivity index (χ2n) is 12.9. The van der Waals surface area contributed by atoms with Gasteiger partial charge in [-0.15, -0.1) is 11.3 Å². The number of furan rings is 1. The summed E-state index contributed by atoms with van der Waals surface area (Å²) in [6.07, 6.45) is 0. The quantitative estimate of drug-likeness (QED) is 0.175. The largest absolute Gasteiger partial charge is 0.456 e. The van der Waals surface area contributed by atoms with Gasteiger partial charge < -0.3 is 9.32 Å². The van der Waals surface area contributed by atoms with E-state index in [1.807, 2.05) is 23.5 Å². The van der Waals surface area contributed by atoms with Crippen molar-refractivity contribution in [1.29, 1.82) is 0 Å². The fraction of sp³-hybridized carbons (Fsp3) is 0. The van der Waals surface area contributed by atoms with Gasteiger partial charge in [-0.25, -0.2) is 0 Å². The van der Waals surface area contributed by atoms with Gasteiger partial charge in [0.1, 0.15) is 11.2 Å². The molecule has 2 aromatic heterocycles. The summed E-state index contributed by atoms with van der Waals surface area (Å²) in [5.74, 6) is 0. The van der Waals surface area contributed by atoms with Crippen molar-refractivity contribution in [2.24, 2.45) is 0 Å². The van der Waals surface area contributed by atoms with E-state index in [0.29, 0.717) is 0 Å². The molecule has 0 N–H and O–H groups in total. The lowest BCUT2D eigenvalue weighted by Gasteiger charge is -2.26. The average molecular weight is 670 g/mol. The van der Waals surface area contributed by atoms with Crippen LogP contribution in [0.5, 0.6) is 0 Å². The summed E-state index contributed by atoms with van der Waals surface area (Å²) < 4.78 is 8.80. The van der Waals surface area contributed by atoms with Crippen LogP contribution in [0, 0.1) is 0 Å². The normalized spacial score (nSPS) is 11.5. The second kappa shape index (κ2) is 12.2. The highest BCUT2D eigenvalue weighted by Gasteiger charge is 2.20. The van der Waals surface area contributed by atoms with E-state index < -0.39 is 0 Å². The van der Waals surface area contributed by atoms with E-state index in [1.165, 1.54) is 48.0 Å². The first kappa shape index (κ1) is 29.5. The molecule has 0 aliphatic rings. The minimum absolute atomic E-state index is 0.907. The Balaban J connectivity index is 1.15. The van der Waals surface area contributed by atoms with Crippen molar-refractivity contribution in [3.63, 3.8) is 0 Å². The Morgan fingerprint density at radius 2 is 0.863 bits per heavy atom. The number of fused-ring (bicyclic) bond motifs is 6. The highest BCUT2D eigenvalue weighted by molar-refractivity contribution is 7.27. The summed E-state index contributed by atoms with van der Waals surface area (Å²) in [6, 6.07) is 67.3.